The number of hydrogen-bond donors (Lipinski definition) is 0. The molecule has 3 aromatic rings. The van der Waals surface area contributed by atoms with Crippen LogP contribution < -0.4 is 14.2 Å². The number of ketones is 1. The van der Waals surface area contributed by atoms with Crippen LogP contribution in [0.15, 0.2) is 83.0 Å². The zero-order chi connectivity index (χ0) is 20.1. The van der Waals surface area contributed by atoms with Crippen molar-refractivity contribution in [2.24, 2.45) is 10.2 Å². The lowest BCUT2D eigenvalue weighted by molar-refractivity contribution is 0.0521. The first-order valence-corrected chi connectivity index (χ1v) is 9.91. The third-order valence-electron chi connectivity index (χ3n) is 6.07. The normalized spacial score (nSPS) is 25.9. The van der Waals surface area contributed by atoms with E-state index < -0.39 is 11.6 Å². The van der Waals surface area contributed by atoms with Crippen molar-refractivity contribution < 1.29 is 19.0 Å². The highest BCUT2D eigenvalue weighted by Crippen LogP contribution is 2.53. The van der Waals surface area contributed by atoms with Crippen LogP contribution in [0.5, 0.6) is 17.2 Å². The van der Waals surface area contributed by atoms with Crippen LogP contribution in [-0.2, 0) is 0 Å². The Morgan fingerprint density at radius 3 is 2.53 bits per heavy atom. The number of hydrogen-bond acceptors (Lipinski definition) is 6. The number of ether oxygens (including phenoxy) is 3. The zero-order valence-corrected chi connectivity index (χ0v) is 16.0. The van der Waals surface area contributed by atoms with Gasteiger partial charge < -0.3 is 14.2 Å². The first kappa shape index (κ1) is 17.2. The van der Waals surface area contributed by atoms with Gasteiger partial charge in [-0.25, -0.2) is 0 Å². The molecule has 3 heterocycles. The fourth-order valence-electron chi connectivity index (χ4n) is 4.64. The molecule has 1 spiro atoms. The molecule has 3 aliphatic heterocycles. The summed E-state index contributed by atoms with van der Waals surface area (Å²) >= 11 is 0. The molecule has 6 rings (SSSR count). The molecule has 0 radical (unpaired) electrons. The molecule has 3 aliphatic rings. The smallest absolute Gasteiger partial charge is 0.231 e. The fourth-order valence-corrected chi connectivity index (χ4v) is 4.64. The molecule has 0 aliphatic carbocycles. The van der Waals surface area contributed by atoms with Gasteiger partial charge in [-0.2, -0.15) is 10.2 Å². The molecule has 0 aromatic heterocycles. The molecule has 30 heavy (non-hydrogen) atoms. The summed E-state index contributed by atoms with van der Waals surface area (Å²) in [6.45, 7) is 0.603. The van der Waals surface area contributed by atoms with Gasteiger partial charge in [0.25, 0.3) is 0 Å². The van der Waals surface area contributed by atoms with E-state index in [2.05, 4.69) is 10.2 Å². The number of benzene rings is 3. The van der Waals surface area contributed by atoms with E-state index in [1.165, 1.54) is 0 Å². The number of para-hydroxylation sites is 1. The second kappa shape index (κ2) is 6.42. The average molecular weight is 398 g/mol. The first-order chi connectivity index (χ1) is 14.8. The van der Waals surface area contributed by atoms with Crippen molar-refractivity contribution in [3.05, 3.63) is 89.5 Å². The summed E-state index contributed by atoms with van der Waals surface area (Å²) in [5.74, 6) is 1.61. The Kier molecular flexibility index (Phi) is 3.68. The Morgan fingerprint density at radius 1 is 0.833 bits per heavy atom. The van der Waals surface area contributed by atoms with E-state index in [0.717, 1.165) is 11.1 Å². The van der Waals surface area contributed by atoms with Gasteiger partial charge in [0, 0.05) is 5.92 Å². The molecular weight excluding hydrogens is 380 g/mol. The first-order valence-electron chi connectivity index (χ1n) is 9.91. The summed E-state index contributed by atoms with van der Waals surface area (Å²) in [6.07, 6.45) is -0.581. The van der Waals surface area contributed by atoms with E-state index in [4.69, 9.17) is 14.2 Å². The zero-order valence-electron chi connectivity index (χ0n) is 16.0. The summed E-state index contributed by atoms with van der Waals surface area (Å²) in [4.78, 5) is 14.0. The van der Waals surface area contributed by atoms with Gasteiger partial charge in [-0.05, 0) is 35.4 Å². The van der Waals surface area contributed by atoms with E-state index in [1.807, 2.05) is 66.7 Å². The number of carbonyl (C=O) groups excluding carboxylic acids is 1. The molecule has 6 nitrogen and oxygen atoms in total. The van der Waals surface area contributed by atoms with E-state index in [9.17, 15) is 4.79 Å². The molecule has 0 N–H and O–H groups in total. The van der Waals surface area contributed by atoms with Gasteiger partial charge in [0.2, 0.25) is 12.6 Å². The maximum atomic E-state index is 14.0. The fraction of sp³-hybridized carbons (Fsp3) is 0.208. The number of fused-ring (bicyclic) bond motifs is 2. The Labute approximate surface area is 173 Å². The molecule has 0 bridgehead atoms. The van der Waals surface area contributed by atoms with Crippen LogP contribution in [-0.4, -0.2) is 24.7 Å². The molecule has 0 amide bonds. The van der Waals surface area contributed by atoms with Crippen molar-refractivity contribution in [3.63, 3.8) is 0 Å². The van der Waals surface area contributed by atoms with Crippen LogP contribution in [0.3, 0.4) is 0 Å². The van der Waals surface area contributed by atoms with Crippen LogP contribution in [0.1, 0.15) is 33.5 Å². The Balaban J connectivity index is 1.54. The van der Waals surface area contributed by atoms with Crippen LogP contribution in [0.4, 0.5) is 0 Å². The Hall–Kier alpha value is -3.67. The standard InChI is InChI=1S/C24H18N2O4/c27-22-17-8-4-5-9-19(17)30-23(15-6-2-1-3-7-15)24(22)18(13-25-26-24)16-10-11-20-21(12-16)29-14-28-20/h1-12,18,23H,13-14H2/t18-,23-,24-/m0/s1. The van der Waals surface area contributed by atoms with Crippen molar-refractivity contribution >= 4 is 5.78 Å². The second-order valence-electron chi connectivity index (χ2n) is 7.65. The Morgan fingerprint density at radius 2 is 1.63 bits per heavy atom. The summed E-state index contributed by atoms with van der Waals surface area (Å²) < 4.78 is 17.5. The van der Waals surface area contributed by atoms with Gasteiger partial charge in [-0.15, -0.1) is 0 Å². The Bertz CT molecular complexity index is 1180. The lowest BCUT2D eigenvalue weighted by Gasteiger charge is -2.41. The summed E-state index contributed by atoms with van der Waals surface area (Å²) in [6, 6.07) is 22.9. The van der Waals surface area contributed by atoms with Crippen LogP contribution >= 0.6 is 0 Å². The van der Waals surface area contributed by atoms with Crippen LogP contribution in [0, 0.1) is 0 Å². The minimum absolute atomic E-state index is 0.0675. The van der Waals surface area contributed by atoms with Crippen molar-refractivity contribution in [2.45, 2.75) is 17.6 Å². The van der Waals surface area contributed by atoms with Gasteiger partial charge >= 0.3 is 0 Å². The lowest BCUT2D eigenvalue weighted by atomic mass is 9.69. The number of nitrogens with zero attached hydrogens (tertiary/aromatic N) is 2. The summed E-state index contributed by atoms with van der Waals surface area (Å²) in [5.41, 5.74) is 1.19. The SMILES string of the molecule is O=C1c2ccccc2O[C@@H](c2ccccc2)[C@@]12N=NC[C@H]2c1ccc2c(c1)OCO2. The van der Waals surface area contributed by atoms with Crippen LogP contribution in [0.25, 0.3) is 0 Å². The maximum Gasteiger partial charge on any atom is 0.231 e. The molecule has 3 aromatic carbocycles. The largest absolute Gasteiger partial charge is 0.482 e. The maximum absolute atomic E-state index is 14.0. The third kappa shape index (κ3) is 2.33. The van der Waals surface area contributed by atoms with Crippen molar-refractivity contribution in [1.29, 1.82) is 0 Å². The molecule has 6 heteroatoms. The summed E-state index contributed by atoms with van der Waals surface area (Å²) in [5, 5.41) is 8.96. The van der Waals surface area contributed by atoms with Crippen molar-refractivity contribution in [3.8, 4) is 17.2 Å². The summed E-state index contributed by atoms with van der Waals surface area (Å²) in [7, 11) is 0. The van der Waals surface area contributed by atoms with Crippen molar-refractivity contribution in [1.82, 2.24) is 0 Å². The molecule has 0 saturated carbocycles. The molecule has 0 fully saturated rings. The highest BCUT2D eigenvalue weighted by Gasteiger charge is 2.60. The molecule has 0 unspecified atom stereocenters. The number of Topliss-reactive ketones (excluding diaryl/α,β-unsaturated/α-hetero) is 1. The van der Waals surface area contributed by atoms with Gasteiger partial charge in [-0.3, -0.25) is 4.79 Å². The minimum atomic E-state index is -1.18. The van der Waals surface area contributed by atoms with Crippen molar-refractivity contribution in [2.75, 3.05) is 13.3 Å². The van der Waals surface area contributed by atoms with Crippen LogP contribution in [0.2, 0.25) is 0 Å². The third-order valence-corrected chi connectivity index (χ3v) is 6.07. The van der Waals surface area contributed by atoms with Gasteiger partial charge in [0.05, 0.1) is 12.1 Å². The van der Waals surface area contributed by atoms with E-state index >= 15 is 0 Å². The lowest BCUT2D eigenvalue weighted by Crippen LogP contribution is -2.51. The molecule has 3 atom stereocenters. The quantitative estimate of drug-likeness (QED) is 0.626. The molecule has 0 saturated heterocycles. The van der Waals surface area contributed by atoms with E-state index in [1.54, 1.807) is 6.07 Å². The minimum Gasteiger partial charge on any atom is -0.482 e. The monoisotopic (exact) mass is 398 g/mol. The number of carbonyl (C=O) groups is 1. The van der Waals surface area contributed by atoms with E-state index in [-0.39, 0.29) is 18.5 Å². The number of azo groups is 1. The topological polar surface area (TPSA) is 69.5 Å². The average Bonchev–Trinajstić information content (AvgIpc) is 3.44. The molecule has 148 valence electrons. The van der Waals surface area contributed by atoms with E-state index in [0.29, 0.717) is 29.4 Å². The van der Waals surface area contributed by atoms with Gasteiger partial charge in [0.1, 0.15) is 5.75 Å². The second-order valence-corrected chi connectivity index (χ2v) is 7.65. The van der Waals surface area contributed by atoms with Gasteiger partial charge in [-0.1, -0.05) is 48.5 Å². The predicted octanol–water partition coefficient (Wildman–Crippen LogP) is 4.72. The van der Waals surface area contributed by atoms with Gasteiger partial charge in [0.15, 0.2) is 23.1 Å². The highest BCUT2D eigenvalue weighted by atomic mass is 16.7. The number of rotatable bonds is 2. The highest BCUT2D eigenvalue weighted by molar-refractivity contribution is 6.08. The predicted molar refractivity (Wildman–Crippen MR) is 108 cm³/mol. The molecular formula is C24H18N2O4.